The van der Waals surface area contributed by atoms with Crippen LogP contribution in [0, 0.1) is 0 Å². The number of ether oxygens (including phenoxy) is 2. The Balaban J connectivity index is 1.38. The van der Waals surface area contributed by atoms with Gasteiger partial charge in [-0.15, -0.1) is 0 Å². The minimum atomic E-state index is -0.357. The first-order valence-electron chi connectivity index (χ1n) is 7.57. The second kappa shape index (κ2) is 6.52. The van der Waals surface area contributed by atoms with Gasteiger partial charge in [-0.1, -0.05) is 0 Å². The summed E-state index contributed by atoms with van der Waals surface area (Å²) in [6, 6.07) is 8.84. The van der Waals surface area contributed by atoms with Gasteiger partial charge in [-0.05, 0) is 24.3 Å². The molecule has 3 aromatic rings. The molecule has 0 radical (unpaired) electrons. The van der Waals surface area contributed by atoms with Crippen LogP contribution in [0.1, 0.15) is 16.2 Å². The van der Waals surface area contributed by atoms with Gasteiger partial charge in [-0.3, -0.25) is 4.79 Å². The van der Waals surface area contributed by atoms with E-state index < -0.39 is 0 Å². The zero-order chi connectivity index (χ0) is 17.1. The summed E-state index contributed by atoms with van der Waals surface area (Å²) >= 11 is 0. The molecule has 0 unspecified atom stereocenters. The van der Waals surface area contributed by atoms with Crippen LogP contribution >= 0.6 is 0 Å². The average Bonchev–Trinajstić information content (AvgIpc) is 3.31. The monoisotopic (exact) mass is 338 g/mol. The average molecular weight is 338 g/mol. The van der Waals surface area contributed by atoms with E-state index in [4.69, 9.17) is 13.9 Å². The molecule has 0 saturated heterocycles. The van der Waals surface area contributed by atoms with E-state index in [1.165, 1.54) is 12.4 Å². The highest BCUT2D eigenvalue weighted by atomic mass is 16.7. The summed E-state index contributed by atoms with van der Waals surface area (Å²) in [5.41, 5.74) is 0.803. The van der Waals surface area contributed by atoms with Crippen LogP contribution in [-0.2, 0) is 6.54 Å². The smallest absolute Gasteiger partial charge is 0.275 e. The maximum atomic E-state index is 12.2. The number of furan rings is 1. The molecular formula is C17H14N4O4. The number of carbonyl (C=O) groups is 1. The molecule has 0 bridgehead atoms. The molecule has 0 spiro atoms. The predicted octanol–water partition coefficient (Wildman–Crippen LogP) is 2.66. The molecule has 2 aromatic heterocycles. The molecule has 2 N–H and O–H groups in total. The van der Waals surface area contributed by atoms with Crippen molar-refractivity contribution in [2.45, 2.75) is 6.54 Å². The van der Waals surface area contributed by atoms with Crippen LogP contribution < -0.4 is 20.1 Å². The largest absolute Gasteiger partial charge is 0.467 e. The lowest BCUT2D eigenvalue weighted by molar-refractivity contribution is 0.102. The van der Waals surface area contributed by atoms with Crippen molar-refractivity contribution in [3.63, 3.8) is 0 Å². The minimum absolute atomic E-state index is 0.185. The number of hydrogen-bond acceptors (Lipinski definition) is 7. The van der Waals surface area contributed by atoms with Gasteiger partial charge in [-0.25, -0.2) is 9.97 Å². The molecule has 1 aliphatic rings. The molecule has 0 saturated carbocycles. The number of benzene rings is 1. The highest BCUT2D eigenvalue weighted by Crippen LogP contribution is 2.34. The number of nitrogens with zero attached hydrogens (tertiary/aromatic N) is 2. The number of nitrogens with one attached hydrogen (secondary N) is 2. The molecule has 1 aliphatic heterocycles. The SMILES string of the molecule is O=C(Nc1ccc2c(c1)OCO2)c1cnc(NCc2ccco2)cn1. The molecule has 1 aromatic carbocycles. The lowest BCUT2D eigenvalue weighted by Gasteiger charge is -2.07. The number of aromatic nitrogens is 2. The number of carbonyl (C=O) groups excluding carboxylic acids is 1. The summed E-state index contributed by atoms with van der Waals surface area (Å²) in [5, 5.41) is 5.81. The standard InChI is InChI=1S/C17H14N4O4/c22-17(21-11-3-4-14-15(6-11)25-10-24-14)13-8-20-16(9-18-13)19-7-12-2-1-5-23-12/h1-6,8-9H,7,10H2,(H,19,20)(H,21,22). The summed E-state index contributed by atoms with van der Waals surface area (Å²) in [7, 11) is 0. The van der Waals surface area contributed by atoms with Gasteiger partial charge in [0.2, 0.25) is 6.79 Å². The molecule has 25 heavy (non-hydrogen) atoms. The number of amides is 1. The summed E-state index contributed by atoms with van der Waals surface area (Å²) in [6.07, 6.45) is 4.51. The lowest BCUT2D eigenvalue weighted by Crippen LogP contribution is -2.14. The molecule has 126 valence electrons. The predicted molar refractivity (Wildman–Crippen MR) is 88.6 cm³/mol. The summed E-state index contributed by atoms with van der Waals surface area (Å²) in [6.45, 7) is 0.676. The molecule has 8 nitrogen and oxygen atoms in total. The molecule has 0 aliphatic carbocycles. The molecule has 0 fully saturated rings. The zero-order valence-corrected chi connectivity index (χ0v) is 13.1. The van der Waals surface area contributed by atoms with Crippen molar-refractivity contribution >= 4 is 17.4 Å². The minimum Gasteiger partial charge on any atom is -0.467 e. The summed E-state index contributed by atoms with van der Waals surface area (Å²) < 4.78 is 15.7. The van der Waals surface area contributed by atoms with Crippen molar-refractivity contribution in [2.75, 3.05) is 17.4 Å². The third-order valence-corrected chi connectivity index (χ3v) is 3.54. The van der Waals surface area contributed by atoms with Gasteiger partial charge in [0.15, 0.2) is 11.5 Å². The summed E-state index contributed by atoms with van der Waals surface area (Å²) in [4.78, 5) is 20.6. The van der Waals surface area contributed by atoms with E-state index in [-0.39, 0.29) is 18.4 Å². The Bertz CT molecular complexity index is 878. The Morgan fingerprint density at radius 1 is 1.12 bits per heavy atom. The fourth-order valence-corrected chi connectivity index (χ4v) is 2.30. The number of rotatable bonds is 5. The Hall–Kier alpha value is -3.55. The lowest BCUT2D eigenvalue weighted by atomic mass is 10.2. The van der Waals surface area contributed by atoms with Gasteiger partial charge in [0.05, 0.1) is 25.2 Å². The van der Waals surface area contributed by atoms with Crippen LogP contribution in [0.2, 0.25) is 0 Å². The molecular weight excluding hydrogens is 324 g/mol. The first-order chi connectivity index (χ1) is 12.3. The van der Waals surface area contributed by atoms with E-state index in [9.17, 15) is 4.79 Å². The zero-order valence-electron chi connectivity index (χ0n) is 13.1. The Morgan fingerprint density at radius 3 is 2.84 bits per heavy atom. The van der Waals surface area contributed by atoms with Crippen LogP contribution in [0.25, 0.3) is 0 Å². The van der Waals surface area contributed by atoms with Crippen LogP contribution in [0.4, 0.5) is 11.5 Å². The van der Waals surface area contributed by atoms with Gasteiger partial charge >= 0.3 is 0 Å². The molecule has 8 heteroatoms. The maximum absolute atomic E-state index is 12.2. The highest BCUT2D eigenvalue weighted by Gasteiger charge is 2.15. The fraction of sp³-hybridized carbons (Fsp3) is 0.118. The van der Waals surface area contributed by atoms with Crippen molar-refractivity contribution < 1.29 is 18.7 Å². The van der Waals surface area contributed by atoms with Crippen molar-refractivity contribution in [1.29, 1.82) is 0 Å². The van der Waals surface area contributed by atoms with Gasteiger partial charge < -0.3 is 24.5 Å². The Labute approximate surface area is 142 Å². The van der Waals surface area contributed by atoms with Crippen molar-refractivity contribution in [2.24, 2.45) is 0 Å². The van der Waals surface area contributed by atoms with Crippen molar-refractivity contribution in [3.8, 4) is 11.5 Å². The normalized spacial score (nSPS) is 12.0. The van der Waals surface area contributed by atoms with E-state index >= 15 is 0 Å². The van der Waals surface area contributed by atoms with Crippen molar-refractivity contribution in [1.82, 2.24) is 9.97 Å². The van der Waals surface area contributed by atoms with E-state index in [1.54, 1.807) is 24.5 Å². The van der Waals surface area contributed by atoms with Gasteiger partial charge in [0.1, 0.15) is 17.3 Å². The van der Waals surface area contributed by atoms with Crippen molar-refractivity contribution in [3.05, 3.63) is 60.4 Å². The van der Waals surface area contributed by atoms with E-state index in [0.29, 0.717) is 29.5 Å². The molecule has 4 rings (SSSR count). The topological polar surface area (TPSA) is 98.5 Å². The third kappa shape index (κ3) is 3.37. The number of hydrogen-bond donors (Lipinski definition) is 2. The van der Waals surface area contributed by atoms with Crippen LogP contribution in [0.5, 0.6) is 11.5 Å². The first kappa shape index (κ1) is 15.0. The fourth-order valence-electron chi connectivity index (χ4n) is 2.30. The molecule has 0 atom stereocenters. The van der Waals surface area contributed by atoms with Gasteiger partial charge in [0.25, 0.3) is 5.91 Å². The number of anilines is 2. The summed E-state index contributed by atoms with van der Waals surface area (Å²) in [5.74, 6) is 2.23. The second-order valence-corrected chi connectivity index (χ2v) is 5.24. The quantitative estimate of drug-likeness (QED) is 0.738. The first-order valence-corrected chi connectivity index (χ1v) is 7.57. The second-order valence-electron chi connectivity index (χ2n) is 5.24. The van der Waals surface area contributed by atoms with Gasteiger partial charge in [-0.2, -0.15) is 0 Å². The van der Waals surface area contributed by atoms with Crippen LogP contribution in [-0.4, -0.2) is 22.7 Å². The van der Waals surface area contributed by atoms with E-state index in [0.717, 1.165) is 5.76 Å². The highest BCUT2D eigenvalue weighted by molar-refractivity contribution is 6.02. The maximum Gasteiger partial charge on any atom is 0.275 e. The van der Waals surface area contributed by atoms with Crippen LogP contribution in [0.3, 0.4) is 0 Å². The Kier molecular flexibility index (Phi) is 3.91. The molecule has 3 heterocycles. The van der Waals surface area contributed by atoms with Gasteiger partial charge in [0, 0.05) is 11.8 Å². The van der Waals surface area contributed by atoms with E-state index in [2.05, 4.69) is 20.6 Å². The molecule has 1 amide bonds. The van der Waals surface area contributed by atoms with E-state index in [1.807, 2.05) is 12.1 Å². The number of fused-ring (bicyclic) bond motifs is 1. The van der Waals surface area contributed by atoms with Crippen LogP contribution in [0.15, 0.2) is 53.4 Å². The Morgan fingerprint density at radius 2 is 2.04 bits per heavy atom. The third-order valence-electron chi connectivity index (χ3n) is 3.54.